The predicted octanol–water partition coefficient (Wildman–Crippen LogP) is -0.451. The maximum Gasteiger partial charge on any atom is 0.265 e. The minimum Gasteiger partial charge on any atom is -0.386 e. The molecule has 4 N–H and O–H groups in total. The molecule has 0 spiro atoms. The van der Waals surface area contributed by atoms with Crippen LogP contribution in [0.25, 0.3) is 0 Å². The normalized spacial score (nSPS) is 16.9. The van der Waals surface area contributed by atoms with Gasteiger partial charge < -0.3 is 16.2 Å². The van der Waals surface area contributed by atoms with Crippen LogP contribution >= 0.6 is 0 Å². The quantitative estimate of drug-likeness (QED) is 0.521. The van der Waals surface area contributed by atoms with E-state index in [2.05, 4.69) is 5.32 Å². The smallest absolute Gasteiger partial charge is 0.265 e. The van der Waals surface area contributed by atoms with Crippen LogP contribution in [0.4, 0.5) is 8.78 Å². The third-order valence-electron chi connectivity index (χ3n) is 1.32. The summed E-state index contributed by atoms with van der Waals surface area (Å²) in [6, 6.07) is -0.0385. The number of aliphatic hydroxyl groups excluding tert-OH is 1. The van der Waals surface area contributed by atoms with Crippen LogP contribution < -0.4 is 11.1 Å². The number of aliphatic hydroxyl groups is 1. The lowest BCUT2D eigenvalue weighted by atomic mass is 10.3. The van der Waals surface area contributed by atoms with Crippen molar-refractivity contribution in [2.24, 2.45) is 5.73 Å². The van der Waals surface area contributed by atoms with Gasteiger partial charge in [-0.2, -0.15) is 0 Å². The molecule has 3 nitrogen and oxygen atoms in total. The molecule has 0 saturated carbocycles. The molecule has 0 aliphatic heterocycles. The van der Waals surface area contributed by atoms with Gasteiger partial charge in [-0.25, -0.2) is 8.78 Å². The molecule has 0 aromatic rings. The van der Waals surface area contributed by atoms with Crippen molar-refractivity contribution in [2.45, 2.75) is 25.5 Å². The summed E-state index contributed by atoms with van der Waals surface area (Å²) < 4.78 is 23.3. The van der Waals surface area contributed by atoms with Gasteiger partial charge in [-0.1, -0.05) is 0 Å². The van der Waals surface area contributed by atoms with Crippen LogP contribution in [0.1, 0.15) is 6.92 Å². The van der Waals surface area contributed by atoms with Crippen molar-refractivity contribution in [2.75, 3.05) is 13.1 Å². The van der Waals surface area contributed by atoms with E-state index in [0.29, 0.717) is 6.54 Å². The van der Waals surface area contributed by atoms with Gasteiger partial charge in [0, 0.05) is 19.1 Å². The highest BCUT2D eigenvalue weighted by Gasteiger charge is 2.16. The van der Waals surface area contributed by atoms with Crippen molar-refractivity contribution in [3.8, 4) is 0 Å². The summed E-state index contributed by atoms with van der Waals surface area (Å²) in [5, 5.41) is 11.3. The lowest BCUT2D eigenvalue weighted by Crippen LogP contribution is -2.40. The van der Waals surface area contributed by atoms with Crippen molar-refractivity contribution in [1.82, 2.24) is 5.32 Å². The Kier molecular flexibility index (Phi) is 5.27. The maximum absolute atomic E-state index is 11.7. The molecule has 0 radical (unpaired) electrons. The van der Waals surface area contributed by atoms with Gasteiger partial charge in [0.05, 0.1) is 0 Å². The van der Waals surface area contributed by atoms with E-state index in [-0.39, 0.29) is 12.6 Å². The molecule has 0 fully saturated rings. The first-order valence-corrected chi connectivity index (χ1v) is 3.47. The molecule has 0 aliphatic rings. The van der Waals surface area contributed by atoms with Crippen LogP contribution in [0.3, 0.4) is 0 Å². The summed E-state index contributed by atoms with van der Waals surface area (Å²) in [7, 11) is 0. The Bertz CT molecular complexity index is 103. The number of nitrogens with one attached hydrogen (secondary N) is 1. The summed E-state index contributed by atoms with van der Waals surface area (Å²) >= 11 is 0. The first-order chi connectivity index (χ1) is 5.07. The van der Waals surface area contributed by atoms with Crippen LogP contribution in [0.15, 0.2) is 0 Å². The van der Waals surface area contributed by atoms with E-state index in [1.807, 2.05) is 0 Å². The van der Waals surface area contributed by atoms with Crippen LogP contribution in [0, 0.1) is 0 Å². The number of hydrogen-bond acceptors (Lipinski definition) is 3. The van der Waals surface area contributed by atoms with Crippen LogP contribution in [0.2, 0.25) is 0 Å². The standard InChI is InChI=1S/C6H14F2N2O/c1-4(2-9)10-3-5(11)6(7)8/h4-6,10-11H,2-3,9H2,1H3. The van der Waals surface area contributed by atoms with E-state index in [1.54, 1.807) is 6.92 Å². The van der Waals surface area contributed by atoms with Gasteiger partial charge in [-0.05, 0) is 6.92 Å². The molecule has 11 heavy (non-hydrogen) atoms. The first-order valence-electron chi connectivity index (χ1n) is 3.47. The van der Waals surface area contributed by atoms with Gasteiger partial charge in [0.1, 0.15) is 6.10 Å². The zero-order valence-electron chi connectivity index (χ0n) is 6.43. The van der Waals surface area contributed by atoms with E-state index in [4.69, 9.17) is 10.8 Å². The van der Waals surface area contributed by atoms with E-state index in [1.165, 1.54) is 0 Å². The zero-order valence-corrected chi connectivity index (χ0v) is 6.43. The molecular formula is C6H14F2N2O. The van der Waals surface area contributed by atoms with Gasteiger partial charge in [0.25, 0.3) is 6.43 Å². The van der Waals surface area contributed by atoms with Gasteiger partial charge in [0.2, 0.25) is 0 Å². The fraction of sp³-hybridized carbons (Fsp3) is 1.00. The Hall–Kier alpha value is -0.260. The number of rotatable bonds is 5. The highest BCUT2D eigenvalue weighted by Crippen LogP contribution is 1.98. The van der Waals surface area contributed by atoms with Crippen molar-refractivity contribution in [1.29, 1.82) is 0 Å². The second-order valence-electron chi connectivity index (χ2n) is 2.45. The Balaban J connectivity index is 3.37. The van der Waals surface area contributed by atoms with E-state index in [0.717, 1.165) is 0 Å². The predicted molar refractivity (Wildman–Crippen MR) is 38.5 cm³/mol. The molecule has 0 saturated heterocycles. The van der Waals surface area contributed by atoms with Crippen LogP contribution in [-0.4, -0.2) is 36.8 Å². The minimum absolute atomic E-state index is 0.0385. The number of hydrogen-bond donors (Lipinski definition) is 3. The molecular weight excluding hydrogens is 154 g/mol. The van der Waals surface area contributed by atoms with Crippen LogP contribution in [-0.2, 0) is 0 Å². The van der Waals surface area contributed by atoms with Gasteiger partial charge >= 0.3 is 0 Å². The molecule has 0 amide bonds. The summed E-state index contributed by atoms with van der Waals surface area (Å²) in [5.41, 5.74) is 5.20. The average Bonchev–Trinajstić information content (AvgIpc) is 1.99. The zero-order chi connectivity index (χ0) is 8.85. The van der Waals surface area contributed by atoms with Gasteiger partial charge in [0.15, 0.2) is 0 Å². The van der Waals surface area contributed by atoms with Gasteiger partial charge in [-0.3, -0.25) is 0 Å². The minimum atomic E-state index is -2.69. The molecule has 0 aromatic carbocycles. The molecule has 0 heterocycles. The van der Waals surface area contributed by atoms with Crippen molar-refractivity contribution in [3.63, 3.8) is 0 Å². The topological polar surface area (TPSA) is 58.3 Å². The SMILES string of the molecule is CC(CN)NCC(O)C(F)F. The third-order valence-corrected chi connectivity index (χ3v) is 1.32. The number of halogens is 2. The molecule has 5 heteroatoms. The number of alkyl halides is 2. The summed E-state index contributed by atoms with van der Waals surface area (Å²) in [5.74, 6) is 0. The lowest BCUT2D eigenvalue weighted by molar-refractivity contribution is -0.00423. The average molecular weight is 168 g/mol. The molecule has 0 aliphatic carbocycles. The molecule has 0 bridgehead atoms. The molecule has 2 atom stereocenters. The first kappa shape index (κ1) is 10.7. The molecule has 0 aromatic heterocycles. The fourth-order valence-corrected chi connectivity index (χ4v) is 0.494. The number of nitrogens with two attached hydrogens (primary N) is 1. The fourth-order valence-electron chi connectivity index (χ4n) is 0.494. The Labute approximate surface area is 64.6 Å². The van der Waals surface area contributed by atoms with Crippen molar-refractivity contribution in [3.05, 3.63) is 0 Å². The largest absolute Gasteiger partial charge is 0.386 e. The second-order valence-corrected chi connectivity index (χ2v) is 2.45. The Morgan fingerprint density at radius 1 is 1.55 bits per heavy atom. The Morgan fingerprint density at radius 2 is 2.09 bits per heavy atom. The molecule has 0 rings (SSSR count). The summed E-state index contributed by atoms with van der Waals surface area (Å²) in [6.07, 6.45) is -4.28. The van der Waals surface area contributed by atoms with E-state index >= 15 is 0 Å². The van der Waals surface area contributed by atoms with E-state index < -0.39 is 12.5 Å². The Morgan fingerprint density at radius 3 is 2.45 bits per heavy atom. The van der Waals surface area contributed by atoms with Crippen molar-refractivity contribution < 1.29 is 13.9 Å². The molecule has 68 valence electrons. The highest BCUT2D eigenvalue weighted by atomic mass is 19.3. The van der Waals surface area contributed by atoms with Crippen LogP contribution in [0.5, 0.6) is 0 Å². The summed E-state index contributed by atoms with van der Waals surface area (Å²) in [6.45, 7) is 2.02. The summed E-state index contributed by atoms with van der Waals surface area (Å²) in [4.78, 5) is 0. The van der Waals surface area contributed by atoms with Gasteiger partial charge in [-0.15, -0.1) is 0 Å². The van der Waals surface area contributed by atoms with Crippen molar-refractivity contribution >= 4 is 0 Å². The highest BCUT2D eigenvalue weighted by molar-refractivity contribution is 4.66. The molecule has 2 unspecified atom stereocenters. The lowest BCUT2D eigenvalue weighted by Gasteiger charge is -2.14. The third kappa shape index (κ3) is 5.06. The van der Waals surface area contributed by atoms with E-state index in [9.17, 15) is 8.78 Å². The monoisotopic (exact) mass is 168 g/mol. The maximum atomic E-state index is 11.7. The second kappa shape index (κ2) is 5.40.